The van der Waals surface area contributed by atoms with Crippen molar-refractivity contribution in [2.24, 2.45) is 5.73 Å². The maximum atomic E-state index is 12.9. The molecule has 1 unspecified atom stereocenters. The minimum absolute atomic E-state index is 0.198. The number of benzene rings is 2. The van der Waals surface area contributed by atoms with Gasteiger partial charge < -0.3 is 10.5 Å². The second-order valence-corrected chi connectivity index (χ2v) is 4.43. The van der Waals surface area contributed by atoms with E-state index in [9.17, 15) is 4.39 Å². The molecule has 1 atom stereocenters. The van der Waals surface area contributed by atoms with Gasteiger partial charge in [0.1, 0.15) is 11.6 Å². The number of hydrogen-bond donors (Lipinski definition) is 1. The van der Waals surface area contributed by atoms with Gasteiger partial charge in [0.25, 0.3) is 0 Å². The van der Waals surface area contributed by atoms with Crippen LogP contribution in [-0.4, -0.2) is 13.2 Å². The summed E-state index contributed by atoms with van der Waals surface area (Å²) in [6, 6.07) is 16.2. The van der Waals surface area contributed by atoms with Crippen molar-refractivity contribution in [2.75, 3.05) is 13.2 Å². The summed E-state index contributed by atoms with van der Waals surface area (Å²) in [5.41, 5.74) is 6.83. The Morgan fingerprint density at radius 2 is 1.68 bits per heavy atom. The van der Waals surface area contributed by atoms with Crippen LogP contribution in [-0.2, 0) is 0 Å². The van der Waals surface area contributed by atoms with Crippen LogP contribution in [0.25, 0.3) is 0 Å². The fourth-order valence-corrected chi connectivity index (χ4v) is 1.99. The normalized spacial score (nSPS) is 12.1. The molecule has 0 radical (unpaired) electrons. The first-order chi connectivity index (χ1) is 9.29. The van der Waals surface area contributed by atoms with Crippen molar-refractivity contribution >= 4 is 0 Å². The fraction of sp³-hybridized carbons (Fsp3) is 0.250. The van der Waals surface area contributed by atoms with Gasteiger partial charge in [0.05, 0.1) is 6.61 Å². The molecule has 0 amide bonds. The SMILES string of the molecule is NCC(CCOc1ccccc1)c1ccc(F)cc1. The molecule has 0 aromatic heterocycles. The molecule has 0 spiro atoms. The highest BCUT2D eigenvalue weighted by Gasteiger charge is 2.10. The van der Waals surface area contributed by atoms with E-state index in [4.69, 9.17) is 10.5 Å². The number of ether oxygens (including phenoxy) is 1. The Bertz CT molecular complexity index is 484. The van der Waals surface area contributed by atoms with Crippen LogP contribution >= 0.6 is 0 Å². The molecule has 3 heteroatoms. The van der Waals surface area contributed by atoms with Gasteiger partial charge in [0.15, 0.2) is 0 Å². The molecule has 2 rings (SSSR count). The third-order valence-corrected chi connectivity index (χ3v) is 3.10. The summed E-state index contributed by atoms with van der Waals surface area (Å²) in [5.74, 6) is 0.835. The van der Waals surface area contributed by atoms with Crippen molar-refractivity contribution in [3.63, 3.8) is 0 Å². The molecule has 0 saturated carbocycles. The molecule has 0 aliphatic carbocycles. The minimum atomic E-state index is -0.222. The number of para-hydroxylation sites is 1. The van der Waals surface area contributed by atoms with Crippen LogP contribution in [0.4, 0.5) is 4.39 Å². The van der Waals surface area contributed by atoms with Crippen LogP contribution < -0.4 is 10.5 Å². The first-order valence-corrected chi connectivity index (χ1v) is 6.43. The van der Waals surface area contributed by atoms with Crippen LogP contribution in [0, 0.1) is 5.82 Å². The molecule has 0 heterocycles. The van der Waals surface area contributed by atoms with Gasteiger partial charge in [0, 0.05) is 0 Å². The summed E-state index contributed by atoms with van der Waals surface area (Å²) in [4.78, 5) is 0. The molecular weight excluding hydrogens is 241 g/mol. The average Bonchev–Trinajstić information content (AvgIpc) is 2.46. The largest absolute Gasteiger partial charge is 0.494 e. The van der Waals surface area contributed by atoms with Gasteiger partial charge in [-0.2, -0.15) is 0 Å². The van der Waals surface area contributed by atoms with Crippen LogP contribution in [0.5, 0.6) is 5.75 Å². The second kappa shape index (κ2) is 6.90. The quantitative estimate of drug-likeness (QED) is 0.863. The molecule has 2 nitrogen and oxygen atoms in total. The first kappa shape index (κ1) is 13.6. The summed E-state index contributed by atoms with van der Waals surface area (Å²) in [6.45, 7) is 1.13. The Balaban J connectivity index is 1.87. The third-order valence-electron chi connectivity index (χ3n) is 3.10. The molecule has 0 bridgehead atoms. The van der Waals surface area contributed by atoms with Crippen LogP contribution in [0.3, 0.4) is 0 Å². The van der Waals surface area contributed by atoms with E-state index >= 15 is 0 Å². The van der Waals surface area contributed by atoms with Crippen LogP contribution in [0.2, 0.25) is 0 Å². The molecule has 0 saturated heterocycles. The lowest BCUT2D eigenvalue weighted by Gasteiger charge is -2.15. The molecule has 2 N–H and O–H groups in total. The molecule has 100 valence electrons. The van der Waals surface area contributed by atoms with Crippen LogP contribution in [0.1, 0.15) is 17.9 Å². The minimum Gasteiger partial charge on any atom is -0.494 e. The van der Waals surface area contributed by atoms with E-state index in [-0.39, 0.29) is 11.7 Å². The molecular formula is C16H18FNO. The first-order valence-electron chi connectivity index (χ1n) is 6.43. The topological polar surface area (TPSA) is 35.2 Å². The lowest BCUT2D eigenvalue weighted by atomic mass is 9.96. The third kappa shape index (κ3) is 4.07. The van der Waals surface area contributed by atoms with Crippen molar-refractivity contribution in [2.45, 2.75) is 12.3 Å². The maximum absolute atomic E-state index is 12.9. The summed E-state index contributed by atoms with van der Waals surface area (Å²) in [7, 11) is 0. The fourth-order valence-electron chi connectivity index (χ4n) is 1.99. The lowest BCUT2D eigenvalue weighted by molar-refractivity contribution is 0.298. The van der Waals surface area contributed by atoms with Gasteiger partial charge in [-0.3, -0.25) is 0 Å². The summed E-state index contributed by atoms with van der Waals surface area (Å²) in [6.07, 6.45) is 0.816. The molecule has 0 aliphatic rings. The molecule has 2 aromatic carbocycles. The van der Waals surface area contributed by atoms with E-state index in [1.54, 1.807) is 12.1 Å². The summed E-state index contributed by atoms with van der Waals surface area (Å²) >= 11 is 0. The zero-order valence-corrected chi connectivity index (χ0v) is 10.8. The highest BCUT2D eigenvalue weighted by Crippen LogP contribution is 2.19. The van der Waals surface area contributed by atoms with E-state index < -0.39 is 0 Å². The molecule has 0 aliphatic heterocycles. The van der Waals surface area contributed by atoms with Gasteiger partial charge >= 0.3 is 0 Å². The second-order valence-electron chi connectivity index (χ2n) is 4.43. The van der Waals surface area contributed by atoms with E-state index in [1.165, 1.54) is 12.1 Å². The Kier molecular flexibility index (Phi) is 4.93. The van der Waals surface area contributed by atoms with Crippen molar-refractivity contribution in [1.29, 1.82) is 0 Å². The van der Waals surface area contributed by atoms with Crippen LogP contribution in [0.15, 0.2) is 54.6 Å². The van der Waals surface area contributed by atoms with Crippen molar-refractivity contribution in [1.82, 2.24) is 0 Å². The standard InChI is InChI=1S/C16H18FNO/c17-15-8-6-13(7-9-15)14(12-18)10-11-19-16-4-2-1-3-5-16/h1-9,14H,10-12,18H2. The highest BCUT2D eigenvalue weighted by molar-refractivity contribution is 5.22. The predicted octanol–water partition coefficient (Wildman–Crippen LogP) is 3.34. The molecule has 2 aromatic rings. The highest BCUT2D eigenvalue weighted by atomic mass is 19.1. The smallest absolute Gasteiger partial charge is 0.123 e. The average molecular weight is 259 g/mol. The number of halogens is 1. The monoisotopic (exact) mass is 259 g/mol. The van der Waals surface area contributed by atoms with Crippen molar-refractivity contribution < 1.29 is 9.13 Å². The number of rotatable bonds is 6. The van der Waals surface area contributed by atoms with E-state index in [2.05, 4.69) is 0 Å². The van der Waals surface area contributed by atoms with Gasteiger partial charge in [0.2, 0.25) is 0 Å². The van der Waals surface area contributed by atoms with E-state index in [0.29, 0.717) is 13.2 Å². The van der Waals surface area contributed by atoms with Gasteiger partial charge in [-0.15, -0.1) is 0 Å². The predicted molar refractivity (Wildman–Crippen MR) is 74.7 cm³/mol. The van der Waals surface area contributed by atoms with E-state index in [0.717, 1.165) is 17.7 Å². The number of hydrogen-bond acceptors (Lipinski definition) is 2. The molecule has 0 fully saturated rings. The Labute approximate surface area is 113 Å². The lowest BCUT2D eigenvalue weighted by Crippen LogP contribution is -2.15. The van der Waals surface area contributed by atoms with E-state index in [1.807, 2.05) is 30.3 Å². The van der Waals surface area contributed by atoms with Gasteiger partial charge in [-0.25, -0.2) is 4.39 Å². The van der Waals surface area contributed by atoms with Gasteiger partial charge in [-0.1, -0.05) is 30.3 Å². The zero-order valence-electron chi connectivity index (χ0n) is 10.8. The number of nitrogens with two attached hydrogens (primary N) is 1. The summed E-state index contributed by atoms with van der Waals surface area (Å²) < 4.78 is 18.5. The van der Waals surface area contributed by atoms with Crippen molar-refractivity contribution in [3.05, 3.63) is 66.0 Å². The molecule has 19 heavy (non-hydrogen) atoms. The maximum Gasteiger partial charge on any atom is 0.123 e. The Morgan fingerprint density at radius 1 is 1.00 bits per heavy atom. The van der Waals surface area contributed by atoms with Gasteiger partial charge in [-0.05, 0) is 48.7 Å². The Hall–Kier alpha value is -1.87. The Morgan fingerprint density at radius 3 is 2.32 bits per heavy atom. The van der Waals surface area contributed by atoms with Crippen molar-refractivity contribution in [3.8, 4) is 5.75 Å². The zero-order chi connectivity index (χ0) is 13.5. The summed E-state index contributed by atoms with van der Waals surface area (Å²) in [5, 5.41) is 0.